The Labute approximate surface area is 161 Å². The Morgan fingerprint density at radius 1 is 1.38 bits per heavy atom. The van der Waals surface area contributed by atoms with Crippen molar-refractivity contribution in [3.05, 3.63) is 29.3 Å². The van der Waals surface area contributed by atoms with Gasteiger partial charge in [-0.15, -0.1) is 10.2 Å². The predicted molar refractivity (Wildman–Crippen MR) is 106 cm³/mol. The average Bonchev–Trinajstić information content (AvgIpc) is 3.32. The normalized spacial score (nSPS) is 13.3. The minimum Gasteiger partial charge on any atom is -0.357 e. The van der Waals surface area contributed by atoms with Crippen molar-refractivity contribution in [1.29, 1.82) is 5.26 Å². The highest BCUT2D eigenvalue weighted by Crippen LogP contribution is 2.30. The van der Waals surface area contributed by atoms with Gasteiger partial charge in [-0.2, -0.15) is 5.26 Å². The Bertz CT molecular complexity index is 825. The maximum absolute atomic E-state index is 12.8. The molecule has 6 nitrogen and oxygen atoms in total. The number of hydrogen-bond donors (Lipinski definition) is 1. The third kappa shape index (κ3) is 4.96. The first-order valence-electron chi connectivity index (χ1n) is 8.54. The first kappa shape index (κ1) is 18.7. The number of rotatable bonds is 8. The molecule has 1 aliphatic rings. The van der Waals surface area contributed by atoms with Gasteiger partial charge in [-0.05, 0) is 49.9 Å². The monoisotopic (exact) mass is 387 g/mol. The van der Waals surface area contributed by atoms with E-state index in [-0.39, 0.29) is 11.7 Å². The molecule has 0 bridgehead atoms. The lowest BCUT2D eigenvalue weighted by Gasteiger charge is -2.22. The molecule has 1 heterocycles. The lowest BCUT2D eigenvalue weighted by atomic mass is 10.1. The number of carbonyl (C=O) groups excluding carboxylic acids is 1. The summed E-state index contributed by atoms with van der Waals surface area (Å²) in [7, 11) is 0. The van der Waals surface area contributed by atoms with Gasteiger partial charge in [0.2, 0.25) is 11.0 Å². The number of aromatic nitrogens is 2. The van der Waals surface area contributed by atoms with E-state index >= 15 is 0 Å². The van der Waals surface area contributed by atoms with Crippen LogP contribution in [-0.2, 0) is 4.79 Å². The van der Waals surface area contributed by atoms with Crippen molar-refractivity contribution in [2.75, 3.05) is 22.5 Å². The van der Waals surface area contributed by atoms with Crippen LogP contribution in [0.5, 0.6) is 0 Å². The van der Waals surface area contributed by atoms with Crippen molar-refractivity contribution in [2.45, 2.75) is 43.5 Å². The van der Waals surface area contributed by atoms with Crippen LogP contribution in [-0.4, -0.2) is 34.4 Å². The first-order chi connectivity index (χ1) is 12.6. The molecule has 136 valence electrons. The van der Waals surface area contributed by atoms with Crippen LogP contribution in [0.4, 0.5) is 10.8 Å². The summed E-state index contributed by atoms with van der Waals surface area (Å²) >= 11 is 2.87. The summed E-state index contributed by atoms with van der Waals surface area (Å²) in [6, 6.07) is 8.59. The SMILES string of the molecule is Cc1ccc(N(CCC#N)C(=O)CSc2nnc(NC3CC3)s2)cc1C. The number of amides is 1. The van der Waals surface area contributed by atoms with Gasteiger partial charge in [0, 0.05) is 18.3 Å². The van der Waals surface area contributed by atoms with Gasteiger partial charge in [-0.25, -0.2) is 0 Å². The number of carbonyl (C=O) groups is 1. The molecule has 26 heavy (non-hydrogen) atoms. The summed E-state index contributed by atoms with van der Waals surface area (Å²) in [5.41, 5.74) is 3.15. The fraction of sp³-hybridized carbons (Fsp3) is 0.444. The molecule has 1 aromatic heterocycles. The Hall–Kier alpha value is -2.11. The van der Waals surface area contributed by atoms with E-state index < -0.39 is 0 Å². The van der Waals surface area contributed by atoms with E-state index in [9.17, 15) is 4.79 Å². The molecule has 0 radical (unpaired) electrons. The molecule has 8 heteroatoms. The first-order valence-corrected chi connectivity index (χ1v) is 10.3. The lowest BCUT2D eigenvalue weighted by molar-refractivity contribution is -0.116. The molecule has 0 aliphatic heterocycles. The number of nitrogens with zero attached hydrogens (tertiary/aromatic N) is 4. The summed E-state index contributed by atoms with van der Waals surface area (Å²) < 4.78 is 0.779. The number of hydrogen-bond acceptors (Lipinski definition) is 7. The number of benzene rings is 1. The van der Waals surface area contributed by atoms with Crippen molar-refractivity contribution >= 4 is 39.8 Å². The quantitative estimate of drug-likeness (QED) is 0.695. The fourth-order valence-corrected chi connectivity index (χ4v) is 4.09. The van der Waals surface area contributed by atoms with Crippen molar-refractivity contribution in [3.63, 3.8) is 0 Å². The van der Waals surface area contributed by atoms with Crippen molar-refractivity contribution in [2.24, 2.45) is 0 Å². The highest BCUT2D eigenvalue weighted by atomic mass is 32.2. The van der Waals surface area contributed by atoms with Crippen LogP contribution < -0.4 is 10.2 Å². The van der Waals surface area contributed by atoms with Crippen molar-refractivity contribution in [1.82, 2.24) is 10.2 Å². The van der Waals surface area contributed by atoms with E-state index in [0.717, 1.165) is 20.7 Å². The van der Waals surface area contributed by atoms with E-state index in [0.29, 0.717) is 19.0 Å². The van der Waals surface area contributed by atoms with Gasteiger partial charge in [-0.1, -0.05) is 29.2 Å². The Morgan fingerprint density at radius 3 is 2.88 bits per heavy atom. The molecule has 1 saturated carbocycles. The molecule has 0 unspecified atom stereocenters. The number of anilines is 2. The standard InChI is InChI=1S/C18H21N5OS2/c1-12-4-7-15(10-13(12)2)23(9-3-8-19)16(24)11-25-18-22-21-17(26-18)20-14-5-6-14/h4,7,10,14H,3,5-6,9,11H2,1-2H3,(H,20,21). The summed E-state index contributed by atoms with van der Waals surface area (Å²) in [6.45, 7) is 4.46. The van der Waals surface area contributed by atoms with E-state index in [1.54, 1.807) is 4.90 Å². The average molecular weight is 388 g/mol. The zero-order valence-corrected chi connectivity index (χ0v) is 16.5. The number of nitriles is 1. The molecule has 0 saturated heterocycles. The molecule has 1 N–H and O–H groups in total. The fourth-order valence-electron chi connectivity index (χ4n) is 2.38. The highest BCUT2D eigenvalue weighted by molar-refractivity contribution is 8.01. The maximum Gasteiger partial charge on any atom is 0.237 e. The largest absolute Gasteiger partial charge is 0.357 e. The minimum atomic E-state index is -0.0274. The van der Waals surface area contributed by atoms with Crippen LogP contribution >= 0.6 is 23.1 Å². The Balaban J connectivity index is 1.63. The third-order valence-electron chi connectivity index (χ3n) is 4.18. The number of nitrogens with one attached hydrogen (secondary N) is 1. The molecular weight excluding hydrogens is 366 g/mol. The second kappa shape index (κ2) is 8.52. The van der Waals surface area contributed by atoms with Gasteiger partial charge in [0.05, 0.1) is 18.2 Å². The van der Waals surface area contributed by atoms with Crippen LogP contribution in [0.25, 0.3) is 0 Å². The van der Waals surface area contributed by atoms with Crippen LogP contribution in [0.15, 0.2) is 22.5 Å². The molecule has 1 aliphatic carbocycles. The second-order valence-corrected chi connectivity index (χ2v) is 8.50. The number of thioether (sulfide) groups is 1. The van der Waals surface area contributed by atoms with E-state index in [1.807, 2.05) is 32.0 Å². The van der Waals surface area contributed by atoms with E-state index in [1.165, 1.54) is 41.5 Å². The van der Waals surface area contributed by atoms with Gasteiger partial charge in [0.15, 0.2) is 4.34 Å². The van der Waals surface area contributed by atoms with Gasteiger partial charge >= 0.3 is 0 Å². The van der Waals surface area contributed by atoms with Gasteiger partial charge in [0.1, 0.15) is 0 Å². The third-order valence-corrected chi connectivity index (χ3v) is 6.15. The summed E-state index contributed by atoms with van der Waals surface area (Å²) in [4.78, 5) is 14.4. The summed E-state index contributed by atoms with van der Waals surface area (Å²) in [5.74, 6) is 0.247. The lowest BCUT2D eigenvalue weighted by Crippen LogP contribution is -2.33. The van der Waals surface area contributed by atoms with Gasteiger partial charge < -0.3 is 10.2 Å². The molecule has 2 aromatic rings. The van der Waals surface area contributed by atoms with Crippen LogP contribution in [0, 0.1) is 25.2 Å². The highest BCUT2D eigenvalue weighted by Gasteiger charge is 2.23. The van der Waals surface area contributed by atoms with E-state index in [2.05, 4.69) is 21.6 Å². The van der Waals surface area contributed by atoms with Gasteiger partial charge in [0.25, 0.3) is 0 Å². The van der Waals surface area contributed by atoms with Crippen molar-refractivity contribution < 1.29 is 4.79 Å². The topological polar surface area (TPSA) is 81.9 Å². The molecule has 1 aromatic carbocycles. The van der Waals surface area contributed by atoms with Crippen LogP contribution in [0.2, 0.25) is 0 Å². The zero-order chi connectivity index (χ0) is 18.5. The molecule has 3 rings (SSSR count). The van der Waals surface area contributed by atoms with Crippen LogP contribution in [0.1, 0.15) is 30.4 Å². The van der Waals surface area contributed by atoms with Crippen molar-refractivity contribution in [3.8, 4) is 6.07 Å². The second-order valence-electron chi connectivity index (χ2n) is 6.30. The molecule has 0 spiro atoms. The summed E-state index contributed by atoms with van der Waals surface area (Å²) in [5, 5.41) is 21.3. The smallest absolute Gasteiger partial charge is 0.237 e. The zero-order valence-electron chi connectivity index (χ0n) is 14.9. The van der Waals surface area contributed by atoms with E-state index in [4.69, 9.17) is 5.26 Å². The maximum atomic E-state index is 12.8. The predicted octanol–water partition coefficient (Wildman–Crippen LogP) is 3.77. The molecule has 1 amide bonds. The Kier molecular flexibility index (Phi) is 6.12. The number of aryl methyl sites for hydroxylation is 2. The molecule has 0 atom stereocenters. The summed E-state index contributed by atoms with van der Waals surface area (Å²) in [6.07, 6.45) is 2.67. The molecule has 1 fully saturated rings. The van der Waals surface area contributed by atoms with Gasteiger partial charge in [-0.3, -0.25) is 4.79 Å². The van der Waals surface area contributed by atoms with Crippen LogP contribution in [0.3, 0.4) is 0 Å². The Morgan fingerprint density at radius 2 is 2.19 bits per heavy atom. The minimum absolute atomic E-state index is 0.0274. The molecular formula is C18H21N5OS2.